The van der Waals surface area contributed by atoms with Gasteiger partial charge >= 0.3 is 0 Å². The molecule has 13 heavy (non-hydrogen) atoms. The number of nitrogens with zero attached hydrogens (tertiary/aromatic N) is 1. The Labute approximate surface area is 76.6 Å². The molecule has 0 radical (unpaired) electrons. The first-order chi connectivity index (χ1) is 6.33. The fourth-order valence-electron chi connectivity index (χ4n) is 1.43. The predicted octanol–water partition coefficient (Wildman–Crippen LogP) is 1.86. The van der Waals surface area contributed by atoms with Gasteiger partial charge in [0.1, 0.15) is 0 Å². The summed E-state index contributed by atoms with van der Waals surface area (Å²) in [5.41, 5.74) is 7.67. The maximum absolute atomic E-state index is 5.82. The zero-order valence-corrected chi connectivity index (χ0v) is 7.41. The Balaban J connectivity index is 2.84. The summed E-state index contributed by atoms with van der Waals surface area (Å²) in [5, 5.41) is 5.21. The topological polar surface area (TPSA) is 50.9 Å². The summed E-state index contributed by atoms with van der Waals surface area (Å²) >= 11 is 0. The van der Waals surface area contributed by atoms with E-state index in [2.05, 4.69) is 10.3 Å². The normalized spacial score (nSPS) is 10.2. The van der Waals surface area contributed by atoms with Crippen LogP contribution in [0.4, 0.5) is 11.4 Å². The molecule has 0 saturated heterocycles. The molecule has 0 unspecified atom stereocenters. The van der Waals surface area contributed by atoms with Crippen LogP contribution in [0.25, 0.3) is 10.8 Å². The van der Waals surface area contributed by atoms with Gasteiger partial charge in [0, 0.05) is 41.6 Å². The second-order valence-corrected chi connectivity index (χ2v) is 2.87. The lowest BCUT2D eigenvalue weighted by Gasteiger charge is -2.06. The Morgan fingerprint density at radius 1 is 1.23 bits per heavy atom. The van der Waals surface area contributed by atoms with Crippen LogP contribution in [-0.4, -0.2) is 12.0 Å². The van der Waals surface area contributed by atoms with E-state index >= 15 is 0 Å². The molecule has 0 atom stereocenters. The molecular formula is C10H11N3. The third kappa shape index (κ3) is 1.18. The average Bonchev–Trinajstić information content (AvgIpc) is 2.19. The molecule has 2 rings (SSSR count). The van der Waals surface area contributed by atoms with Gasteiger partial charge in [0.2, 0.25) is 0 Å². The van der Waals surface area contributed by atoms with Gasteiger partial charge in [-0.05, 0) is 18.2 Å². The first-order valence-corrected chi connectivity index (χ1v) is 4.13. The fourth-order valence-corrected chi connectivity index (χ4v) is 1.43. The standard InChI is InChI=1S/C10H11N3/c1-12-10-3-2-9(11)7-4-5-13-6-8(7)10/h2-6,12H,11H2,1H3. The van der Waals surface area contributed by atoms with E-state index in [0.29, 0.717) is 0 Å². The fraction of sp³-hybridized carbons (Fsp3) is 0.100. The summed E-state index contributed by atoms with van der Waals surface area (Å²) < 4.78 is 0. The molecule has 3 N–H and O–H groups in total. The lowest BCUT2D eigenvalue weighted by molar-refractivity contribution is 1.36. The van der Waals surface area contributed by atoms with Crippen molar-refractivity contribution in [2.24, 2.45) is 0 Å². The van der Waals surface area contributed by atoms with E-state index in [1.54, 1.807) is 6.20 Å². The smallest absolute Gasteiger partial charge is 0.0434 e. The molecule has 66 valence electrons. The molecule has 3 nitrogen and oxygen atoms in total. The Bertz CT molecular complexity index is 437. The minimum Gasteiger partial charge on any atom is -0.398 e. The number of aromatic nitrogens is 1. The van der Waals surface area contributed by atoms with Crippen LogP contribution in [0.3, 0.4) is 0 Å². The van der Waals surface area contributed by atoms with Crippen molar-refractivity contribution in [2.45, 2.75) is 0 Å². The van der Waals surface area contributed by atoms with Gasteiger partial charge in [0.15, 0.2) is 0 Å². The van der Waals surface area contributed by atoms with Crippen LogP contribution in [0.1, 0.15) is 0 Å². The van der Waals surface area contributed by atoms with Crippen LogP contribution in [0.5, 0.6) is 0 Å². The van der Waals surface area contributed by atoms with E-state index in [-0.39, 0.29) is 0 Å². The maximum atomic E-state index is 5.82. The minimum atomic E-state index is 0.788. The van der Waals surface area contributed by atoms with Crippen molar-refractivity contribution >= 4 is 22.1 Å². The minimum absolute atomic E-state index is 0.788. The number of benzene rings is 1. The molecular weight excluding hydrogens is 162 g/mol. The molecule has 0 fully saturated rings. The van der Waals surface area contributed by atoms with Gasteiger partial charge < -0.3 is 11.1 Å². The Hall–Kier alpha value is -1.77. The molecule has 0 amide bonds. The van der Waals surface area contributed by atoms with Crippen molar-refractivity contribution in [1.82, 2.24) is 4.98 Å². The molecule has 2 aromatic rings. The van der Waals surface area contributed by atoms with Crippen LogP contribution >= 0.6 is 0 Å². The summed E-state index contributed by atoms with van der Waals surface area (Å²) in [6, 6.07) is 5.78. The molecule has 0 bridgehead atoms. The summed E-state index contributed by atoms with van der Waals surface area (Å²) in [6.07, 6.45) is 3.57. The van der Waals surface area contributed by atoms with Crippen LogP contribution in [0.2, 0.25) is 0 Å². The molecule has 0 aliphatic carbocycles. The second-order valence-electron chi connectivity index (χ2n) is 2.87. The summed E-state index contributed by atoms with van der Waals surface area (Å²) in [6.45, 7) is 0. The van der Waals surface area contributed by atoms with Gasteiger partial charge in [-0.1, -0.05) is 0 Å². The summed E-state index contributed by atoms with van der Waals surface area (Å²) in [7, 11) is 1.89. The highest BCUT2D eigenvalue weighted by Crippen LogP contribution is 2.26. The van der Waals surface area contributed by atoms with E-state index in [4.69, 9.17) is 5.73 Å². The molecule has 0 saturated carbocycles. The van der Waals surface area contributed by atoms with Gasteiger partial charge in [-0.2, -0.15) is 0 Å². The lowest BCUT2D eigenvalue weighted by atomic mass is 10.1. The van der Waals surface area contributed by atoms with Gasteiger partial charge in [-0.15, -0.1) is 0 Å². The zero-order chi connectivity index (χ0) is 9.26. The van der Waals surface area contributed by atoms with E-state index in [9.17, 15) is 0 Å². The van der Waals surface area contributed by atoms with E-state index in [1.165, 1.54) is 0 Å². The van der Waals surface area contributed by atoms with Gasteiger partial charge in [0.05, 0.1) is 0 Å². The SMILES string of the molecule is CNc1ccc(N)c2ccncc12. The van der Waals surface area contributed by atoms with Crippen molar-refractivity contribution in [3.63, 3.8) is 0 Å². The Morgan fingerprint density at radius 3 is 2.85 bits per heavy atom. The lowest BCUT2D eigenvalue weighted by Crippen LogP contribution is -1.93. The molecule has 0 spiro atoms. The van der Waals surface area contributed by atoms with E-state index in [1.807, 2.05) is 31.4 Å². The van der Waals surface area contributed by atoms with Crippen molar-refractivity contribution in [3.8, 4) is 0 Å². The quantitative estimate of drug-likeness (QED) is 0.647. The van der Waals surface area contributed by atoms with Crippen LogP contribution in [-0.2, 0) is 0 Å². The van der Waals surface area contributed by atoms with Gasteiger partial charge in [-0.3, -0.25) is 4.98 Å². The molecule has 1 heterocycles. The van der Waals surface area contributed by atoms with Gasteiger partial charge in [0.25, 0.3) is 0 Å². The highest BCUT2D eigenvalue weighted by Gasteiger charge is 2.01. The van der Waals surface area contributed by atoms with Crippen LogP contribution in [0.15, 0.2) is 30.6 Å². The van der Waals surface area contributed by atoms with E-state index < -0.39 is 0 Å². The summed E-state index contributed by atoms with van der Waals surface area (Å²) in [4.78, 5) is 4.07. The third-order valence-corrected chi connectivity index (χ3v) is 2.12. The number of hydrogen-bond acceptors (Lipinski definition) is 3. The number of nitrogens with one attached hydrogen (secondary N) is 1. The maximum Gasteiger partial charge on any atom is 0.0434 e. The highest BCUT2D eigenvalue weighted by molar-refractivity contribution is 6.00. The molecule has 3 heteroatoms. The largest absolute Gasteiger partial charge is 0.398 e. The van der Waals surface area contributed by atoms with Gasteiger partial charge in [-0.25, -0.2) is 0 Å². The molecule has 0 aliphatic rings. The highest BCUT2D eigenvalue weighted by atomic mass is 14.8. The Kier molecular flexibility index (Phi) is 1.77. The molecule has 1 aromatic carbocycles. The average molecular weight is 173 g/mol. The number of rotatable bonds is 1. The number of hydrogen-bond donors (Lipinski definition) is 2. The number of anilines is 2. The third-order valence-electron chi connectivity index (χ3n) is 2.12. The first-order valence-electron chi connectivity index (χ1n) is 4.13. The predicted molar refractivity (Wildman–Crippen MR) is 55.7 cm³/mol. The number of fused-ring (bicyclic) bond motifs is 1. The first kappa shape index (κ1) is 7.86. The van der Waals surface area contributed by atoms with Crippen molar-refractivity contribution < 1.29 is 0 Å². The second kappa shape index (κ2) is 2.94. The van der Waals surface area contributed by atoms with Crippen LogP contribution in [0, 0.1) is 0 Å². The Morgan fingerprint density at radius 2 is 2.08 bits per heavy atom. The summed E-state index contributed by atoms with van der Waals surface area (Å²) in [5.74, 6) is 0. The number of pyridine rings is 1. The molecule has 1 aromatic heterocycles. The van der Waals surface area contributed by atoms with Crippen molar-refractivity contribution in [2.75, 3.05) is 18.1 Å². The van der Waals surface area contributed by atoms with Crippen molar-refractivity contribution in [1.29, 1.82) is 0 Å². The zero-order valence-electron chi connectivity index (χ0n) is 7.41. The van der Waals surface area contributed by atoms with Crippen molar-refractivity contribution in [3.05, 3.63) is 30.6 Å². The monoisotopic (exact) mass is 173 g/mol. The van der Waals surface area contributed by atoms with E-state index in [0.717, 1.165) is 22.1 Å². The molecule has 0 aliphatic heterocycles. The number of nitrogen functional groups attached to an aromatic ring is 1. The number of nitrogens with two attached hydrogens (primary N) is 1. The van der Waals surface area contributed by atoms with Crippen LogP contribution < -0.4 is 11.1 Å².